The predicted molar refractivity (Wildman–Crippen MR) is 70.1 cm³/mol. The van der Waals surface area contributed by atoms with Gasteiger partial charge in [0.1, 0.15) is 6.33 Å². The Morgan fingerprint density at radius 3 is 2.76 bits per heavy atom. The number of hydrogen-bond donors (Lipinski definition) is 2. The van der Waals surface area contributed by atoms with E-state index in [1.165, 1.54) is 0 Å². The average Bonchev–Trinajstić information content (AvgIpc) is 2.63. The molecule has 1 unspecified atom stereocenters. The molecule has 1 rings (SSSR count). The summed E-state index contributed by atoms with van der Waals surface area (Å²) < 4.78 is 1.76. The van der Waals surface area contributed by atoms with Crippen LogP contribution in [0.5, 0.6) is 0 Å². The van der Waals surface area contributed by atoms with Gasteiger partial charge in [-0.25, -0.2) is 9.67 Å². The highest BCUT2D eigenvalue weighted by Crippen LogP contribution is 2.19. The molecule has 0 aliphatic rings. The Hall–Kier alpha value is -0.590. The maximum Gasteiger partial charge on any atom is 0.185 e. The van der Waals surface area contributed by atoms with Gasteiger partial charge in [0, 0.05) is 24.4 Å². The quantitative estimate of drug-likeness (QED) is 0.716. The summed E-state index contributed by atoms with van der Waals surface area (Å²) in [5.41, 5.74) is -0.222. The summed E-state index contributed by atoms with van der Waals surface area (Å²) in [7, 11) is 1.88. The van der Waals surface area contributed by atoms with Crippen molar-refractivity contribution in [3.05, 3.63) is 6.33 Å². The lowest BCUT2D eigenvalue weighted by Gasteiger charge is -2.31. The topological polar surface area (TPSA) is 63.0 Å². The van der Waals surface area contributed by atoms with Crippen molar-refractivity contribution in [1.82, 2.24) is 20.1 Å². The van der Waals surface area contributed by atoms with Crippen molar-refractivity contribution in [2.75, 3.05) is 12.4 Å². The maximum atomic E-state index is 9.44. The number of aromatic nitrogens is 3. The number of thioether (sulfide) groups is 1. The van der Waals surface area contributed by atoms with E-state index in [0.717, 1.165) is 17.3 Å². The Kier molecular flexibility index (Phi) is 5.42. The van der Waals surface area contributed by atoms with Gasteiger partial charge in [0.15, 0.2) is 5.16 Å². The molecule has 2 N–H and O–H groups in total. The van der Waals surface area contributed by atoms with E-state index in [0.29, 0.717) is 6.04 Å². The second kappa shape index (κ2) is 6.37. The monoisotopic (exact) mass is 258 g/mol. The third-order valence-electron chi connectivity index (χ3n) is 2.54. The van der Waals surface area contributed by atoms with Gasteiger partial charge in [-0.15, -0.1) is 0 Å². The first-order valence-electron chi connectivity index (χ1n) is 5.82. The molecule has 0 saturated carbocycles. The first-order valence-corrected chi connectivity index (χ1v) is 6.81. The van der Waals surface area contributed by atoms with Crippen LogP contribution in [0.4, 0.5) is 0 Å². The first-order chi connectivity index (χ1) is 7.97. The predicted octanol–water partition coefficient (Wildman–Crippen LogP) is 1.05. The standard InChI is InChI=1S/C11H22N4OS/c1-9(2)14-11(3,7-16)5-6-17-10-12-8-13-15(10)4/h8-9,14,16H,5-7H2,1-4H3. The molecule has 5 nitrogen and oxygen atoms in total. The number of nitrogens with one attached hydrogen (secondary N) is 1. The molecule has 0 aliphatic heterocycles. The molecule has 1 atom stereocenters. The third kappa shape index (κ3) is 4.65. The van der Waals surface area contributed by atoms with Gasteiger partial charge < -0.3 is 10.4 Å². The summed E-state index contributed by atoms with van der Waals surface area (Å²) in [6, 6.07) is 0.368. The van der Waals surface area contributed by atoms with E-state index >= 15 is 0 Å². The van der Waals surface area contributed by atoms with Crippen LogP contribution >= 0.6 is 11.8 Å². The number of hydrogen-bond acceptors (Lipinski definition) is 5. The van der Waals surface area contributed by atoms with Gasteiger partial charge in [0.2, 0.25) is 0 Å². The normalized spacial score (nSPS) is 15.2. The van der Waals surface area contributed by atoms with Crippen LogP contribution in [0.1, 0.15) is 27.2 Å². The van der Waals surface area contributed by atoms with Crippen LogP contribution in [-0.4, -0.2) is 43.8 Å². The number of aliphatic hydroxyl groups is 1. The molecule has 1 aromatic heterocycles. The minimum atomic E-state index is -0.222. The molecule has 1 aromatic rings. The molecule has 0 radical (unpaired) electrons. The fraction of sp³-hybridized carbons (Fsp3) is 0.818. The molecule has 6 heteroatoms. The van der Waals surface area contributed by atoms with Gasteiger partial charge >= 0.3 is 0 Å². The molecular formula is C11H22N4OS. The van der Waals surface area contributed by atoms with Crippen LogP contribution in [0.25, 0.3) is 0 Å². The van der Waals surface area contributed by atoms with E-state index in [1.807, 2.05) is 14.0 Å². The Bertz CT molecular complexity index is 342. The minimum Gasteiger partial charge on any atom is -0.394 e. The van der Waals surface area contributed by atoms with E-state index in [-0.39, 0.29) is 12.1 Å². The maximum absolute atomic E-state index is 9.44. The molecule has 0 aliphatic carbocycles. The largest absolute Gasteiger partial charge is 0.394 e. The molecular weight excluding hydrogens is 236 g/mol. The van der Waals surface area contributed by atoms with Crippen LogP contribution < -0.4 is 5.32 Å². The molecule has 0 fully saturated rings. The lowest BCUT2D eigenvalue weighted by atomic mass is 9.99. The number of nitrogens with zero attached hydrogens (tertiary/aromatic N) is 3. The zero-order valence-electron chi connectivity index (χ0n) is 11.0. The molecule has 17 heavy (non-hydrogen) atoms. The smallest absolute Gasteiger partial charge is 0.185 e. The van der Waals surface area contributed by atoms with Gasteiger partial charge in [-0.2, -0.15) is 5.10 Å². The minimum absolute atomic E-state index is 0.143. The van der Waals surface area contributed by atoms with E-state index < -0.39 is 0 Å². The molecule has 0 aromatic carbocycles. The molecule has 0 amide bonds. The van der Waals surface area contributed by atoms with Gasteiger partial charge in [0.25, 0.3) is 0 Å². The van der Waals surface area contributed by atoms with Crippen LogP contribution in [0.3, 0.4) is 0 Å². The lowest BCUT2D eigenvalue weighted by Crippen LogP contribution is -2.49. The highest BCUT2D eigenvalue weighted by Gasteiger charge is 2.23. The number of aliphatic hydroxyl groups excluding tert-OH is 1. The van der Waals surface area contributed by atoms with Gasteiger partial charge in [-0.05, 0) is 13.3 Å². The Labute approximate surface area is 107 Å². The van der Waals surface area contributed by atoms with Crippen LogP contribution in [0, 0.1) is 0 Å². The first kappa shape index (κ1) is 14.5. The van der Waals surface area contributed by atoms with Crippen molar-refractivity contribution >= 4 is 11.8 Å². The average molecular weight is 258 g/mol. The third-order valence-corrected chi connectivity index (χ3v) is 3.58. The van der Waals surface area contributed by atoms with Crippen molar-refractivity contribution in [1.29, 1.82) is 0 Å². The summed E-state index contributed by atoms with van der Waals surface area (Å²) >= 11 is 1.66. The zero-order chi connectivity index (χ0) is 12.9. The van der Waals surface area contributed by atoms with E-state index in [2.05, 4.69) is 29.2 Å². The van der Waals surface area contributed by atoms with Crippen LogP contribution in [0.15, 0.2) is 11.5 Å². The Balaban J connectivity index is 2.40. The highest BCUT2D eigenvalue weighted by molar-refractivity contribution is 7.99. The lowest BCUT2D eigenvalue weighted by molar-refractivity contribution is 0.162. The van der Waals surface area contributed by atoms with Crippen molar-refractivity contribution in [3.63, 3.8) is 0 Å². The van der Waals surface area contributed by atoms with Crippen LogP contribution in [-0.2, 0) is 7.05 Å². The van der Waals surface area contributed by atoms with E-state index in [4.69, 9.17) is 0 Å². The Morgan fingerprint density at radius 1 is 1.59 bits per heavy atom. The molecule has 98 valence electrons. The van der Waals surface area contributed by atoms with E-state index in [1.54, 1.807) is 22.8 Å². The van der Waals surface area contributed by atoms with Crippen molar-refractivity contribution in [2.24, 2.45) is 7.05 Å². The summed E-state index contributed by atoms with van der Waals surface area (Å²) in [5.74, 6) is 0.906. The summed E-state index contributed by atoms with van der Waals surface area (Å²) in [6.07, 6.45) is 2.44. The van der Waals surface area contributed by atoms with Crippen molar-refractivity contribution < 1.29 is 5.11 Å². The van der Waals surface area contributed by atoms with Crippen LogP contribution in [0.2, 0.25) is 0 Å². The second-order valence-electron chi connectivity index (χ2n) is 4.78. The van der Waals surface area contributed by atoms with Gasteiger partial charge in [0.05, 0.1) is 6.61 Å². The second-order valence-corrected chi connectivity index (χ2v) is 5.84. The fourth-order valence-corrected chi connectivity index (χ4v) is 2.77. The van der Waals surface area contributed by atoms with Crippen molar-refractivity contribution in [3.8, 4) is 0 Å². The SMILES string of the molecule is CC(C)NC(C)(CO)CCSc1ncnn1C. The fourth-order valence-electron chi connectivity index (χ4n) is 1.68. The molecule has 0 saturated heterocycles. The van der Waals surface area contributed by atoms with E-state index in [9.17, 15) is 5.11 Å². The van der Waals surface area contributed by atoms with Gasteiger partial charge in [-0.1, -0.05) is 25.6 Å². The van der Waals surface area contributed by atoms with Gasteiger partial charge in [-0.3, -0.25) is 0 Å². The Morgan fingerprint density at radius 2 is 2.29 bits per heavy atom. The molecule has 1 heterocycles. The summed E-state index contributed by atoms with van der Waals surface area (Å²) in [6.45, 7) is 6.36. The van der Waals surface area contributed by atoms with Crippen molar-refractivity contribution in [2.45, 2.75) is 43.9 Å². The molecule has 0 spiro atoms. The summed E-state index contributed by atoms with van der Waals surface area (Å²) in [4.78, 5) is 4.15. The number of rotatable bonds is 7. The zero-order valence-corrected chi connectivity index (χ0v) is 11.8. The summed E-state index contributed by atoms with van der Waals surface area (Å²) in [5, 5.41) is 17.8. The number of aryl methyl sites for hydroxylation is 1. The molecule has 0 bridgehead atoms. The highest BCUT2D eigenvalue weighted by atomic mass is 32.2.